The number of carbonyl (C=O) groups excluding carboxylic acids is 1. The van der Waals surface area contributed by atoms with E-state index < -0.39 is 0 Å². The molecule has 0 aliphatic carbocycles. The molecule has 4 heteroatoms. The van der Waals surface area contributed by atoms with Crippen molar-refractivity contribution in [3.8, 4) is 0 Å². The summed E-state index contributed by atoms with van der Waals surface area (Å²) in [6.45, 7) is 4.20. The zero-order valence-corrected chi connectivity index (χ0v) is 8.86. The number of rotatable bonds is 4. The number of carbonyl (C=O) groups is 1. The molecular formula is C12H13N3O. The van der Waals surface area contributed by atoms with Crippen molar-refractivity contribution in [3.63, 3.8) is 0 Å². The molecule has 2 aromatic rings. The lowest BCUT2D eigenvalue weighted by atomic mass is 10.3. The molecule has 2 heterocycles. The van der Waals surface area contributed by atoms with Crippen LogP contribution in [0.1, 0.15) is 16.9 Å². The largest absolute Gasteiger partial charge is 0.350 e. The first-order valence-corrected chi connectivity index (χ1v) is 5.13. The van der Waals surface area contributed by atoms with Gasteiger partial charge >= 0.3 is 0 Å². The Labute approximate surface area is 93.4 Å². The number of amides is 1. The number of nitrogens with one attached hydrogen (secondary N) is 2. The molecule has 0 aliphatic rings. The van der Waals surface area contributed by atoms with Gasteiger partial charge in [-0.15, -0.1) is 6.58 Å². The van der Waals surface area contributed by atoms with Gasteiger partial charge in [-0.25, -0.2) is 0 Å². The number of aromatic amines is 1. The first kappa shape index (κ1) is 10.4. The third kappa shape index (κ3) is 2.11. The Morgan fingerprint density at radius 3 is 3.25 bits per heavy atom. The minimum absolute atomic E-state index is 0.0990. The molecule has 0 aromatic carbocycles. The van der Waals surface area contributed by atoms with Crippen molar-refractivity contribution in [2.45, 2.75) is 6.42 Å². The van der Waals surface area contributed by atoms with E-state index in [0.29, 0.717) is 12.2 Å². The second-order valence-corrected chi connectivity index (χ2v) is 3.48. The van der Waals surface area contributed by atoms with Gasteiger partial charge < -0.3 is 10.3 Å². The van der Waals surface area contributed by atoms with Gasteiger partial charge in [-0.1, -0.05) is 6.08 Å². The van der Waals surface area contributed by atoms with Crippen LogP contribution in [0.25, 0.3) is 10.9 Å². The number of hydrogen-bond donors (Lipinski definition) is 2. The molecule has 1 amide bonds. The van der Waals surface area contributed by atoms with E-state index >= 15 is 0 Å². The summed E-state index contributed by atoms with van der Waals surface area (Å²) in [5.74, 6) is -0.0990. The Morgan fingerprint density at radius 1 is 1.62 bits per heavy atom. The molecule has 16 heavy (non-hydrogen) atoms. The summed E-state index contributed by atoms with van der Waals surface area (Å²) in [5.41, 5.74) is 1.43. The van der Waals surface area contributed by atoms with Gasteiger partial charge in [0, 0.05) is 18.1 Å². The summed E-state index contributed by atoms with van der Waals surface area (Å²) in [7, 11) is 0. The van der Waals surface area contributed by atoms with Crippen LogP contribution in [0.3, 0.4) is 0 Å². The maximum absolute atomic E-state index is 11.7. The molecule has 0 fully saturated rings. The van der Waals surface area contributed by atoms with E-state index in [2.05, 4.69) is 21.9 Å². The van der Waals surface area contributed by atoms with Crippen LogP contribution < -0.4 is 5.32 Å². The molecule has 0 saturated carbocycles. The van der Waals surface area contributed by atoms with Crippen LogP contribution >= 0.6 is 0 Å². The van der Waals surface area contributed by atoms with Gasteiger partial charge in [-0.05, 0) is 18.6 Å². The number of nitrogens with zero attached hydrogens (tertiary/aromatic N) is 1. The van der Waals surface area contributed by atoms with Gasteiger partial charge in [-0.3, -0.25) is 9.78 Å². The van der Waals surface area contributed by atoms with Crippen molar-refractivity contribution < 1.29 is 4.79 Å². The number of H-pyrrole nitrogens is 1. The maximum Gasteiger partial charge on any atom is 0.267 e. The van der Waals surface area contributed by atoms with Crippen LogP contribution in [0.4, 0.5) is 0 Å². The highest BCUT2D eigenvalue weighted by Crippen LogP contribution is 2.12. The van der Waals surface area contributed by atoms with Crippen LogP contribution in [-0.2, 0) is 0 Å². The van der Waals surface area contributed by atoms with E-state index in [1.165, 1.54) is 0 Å². The fraction of sp³-hybridized carbons (Fsp3) is 0.167. The van der Waals surface area contributed by atoms with Crippen LogP contribution in [0.2, 0.25) is 0 Å². The second-order valence-electron chi connectivity index (χ2n) is 3.48. The van der Waals surface area contributed by atoms with Crippen molar-refractivity contribution in [1.82, 2.24) is 15.3 Å². The molecular weight excluding hydrogens is 202 g/mol. The molecule has 0 unspecified atom stereocenters. The highest BCUT2D eigenvalue weighted by molar-refractivity contribution is 5.97. The van der Waals surface area contributed by atoms with Crippen LogP contribution in [0.15, 0.2) is 37.2 Å². The van der Waals surface area contributed by atoms with Gasteiger partial charge in [0.15, 0.2) is 0 Å². The quantitative estimate of drug-likeness (QED) is 0.604. The third-order valence-corrected chi connectivity index (χ3v) is 2.30. The molecule has 2 rings (SSSR count). The fourth-order valence-electron chi connectivity index (χ4n) is 1.48. The Hall–Kier alpha value is -2.10. The molecule has 0 saturated heterocycles. The topological polar surface area (TPSA) is 57.8 Å². The summed E-state index contributed by atoms with van der Waals surface area (Å²) < 4.78 is 0. The van der Waals surface area contributed by atoms with Gasteiger partial charge in [-0.2, -0.15) is 0 Å². The Bertz CT molecular complexity index is 483. The average molecular weight is 215 g/mol. The summed E-state index contributed by atoms with van der Waals surface area (Å²) in [5, 5.41) is 3.79. The normalized spacial score (nSPS) is 10.2. The first-order valence-electron chi connectivity index (χ1n) is 5.13. The lowest BCUT2D eigenvalue weighted by Gasteiger charge is -1.99. The molecule has 0 bridgehead atoms. The maximum atomic E-state index is 11.7. The minimum Gasteiger partial charge on any atom is -0.350 e. The predicted octanol–water partition coefficient (Wildman–Crippen LogP) is 1.87. The Morgan fingerprint density at radius 2 is 2.50 bits per heavy atom. The highest BCUT2D eigenvalue weighted by Gasteiger charge is 2.07. The number of pyridine rings is 1. The van der Waals surface area contributed by atoms with E-state index in [1.54, 1.807) is 18.5 Å². The third-order valence-electron chi connectivity index (χ3n) is 2.30. The number of hydrogen-bond acceptors (Lipinski definition) is 2. The standard InChI is InChI=1S/C12H13N3O/c1-2-3-5-14-12(16)10-7-9-4-6-13-8-11(9)15-10/h2,4,6-8,15H,1,3,5H2,(H,14,16). The molecule has 0 spiro atoms. The number of aromatic nitrogens is 2. The monoisotopic (exact) mass is 215 g/mol. The molecule has 4 nitrogen and oxygen atoms in total. The zero-order chi connectivity index (χ0) is 11.4. The minimum atomic E-state index is -0.0990. The summed E-state index contributed by atoms with van der Waals surface area (Å²) >= 11 is 0. The van der Waals surface area contributed by atoms with E-state index in [-0.39, 0.29) is 5.91 Å². The first-order chi connectivity index (χ1) is 7.81. The van der Waals surface area contributed by atoms with E-state index in [4.69, 9.17) is 0 Å². The highest BCUT2D eigenvalue weighted by atomic mass is 16.1. The predicted molar refractivity (Wildman–Crippen MR) is 63.2 cm³/mol. The zero-order valence-electron chi connectivity index (χ0n) is 8.86. The lowest BCUT2D eigenvalue weighted by molar-refractivity contribution is 0.0950. The molecule has 0 atom stereocenters. The van der Waals surface area contributed by atoms with Crippen molar-refractivity contribution in [3.05, 3.63) is 42.9 Å². The molecule has 0 radical (unpaired) electrons. The molecule has 2 aromatic heterocycles. The van der Waals surface area contributed by atoms with Gasteiger partial charge in [0.05, 0.1) is 11.7 Å². The van der Waals surface area contributed by atoms with Crippen LogP contribution in [0.5, 0.6) is 0 Å². The smallest absolute Gasteiger partial charge is 0.267 e. The van der Waals surface area contributed by atoms with E-state index in [1.807, 2.05) is 12.1 Å². The van der Waals surface area contributed by atoms with Crippen molar-refractivity contribution in [2.24, 2.45) is 0 Å². The Kier molecular flexibility index (Phi) is 3.00. The van der Waals surface area contributed by atoms with Crippen LogP contribution in [-0.4, -0.2) is 22.4 Å². The average Bonchev–Trinajstić information content (AvgIpc) is 2.73. The number of fused-ring (bicyclic) bond motifs is 1. The molecule has 0 aliphatic heterocycles. The van der Waals surface area contributed by atoms with Crippen molar-refractivity contribution >= 4 is 16.8 Å². The summed E-state index contributed by atoms with van der Waals surface area (Å²) in [4.78, 5) is 18.7. The lowest BCUT2D eigenvalue weighted by Crippen LogP contribution is -2.24. The Balaban J connectivity index is 2.13. The molecule has 82 valence electrons. The SMILES string of the molecule is C=CCCNC(=O)c1cc2ccncc2[nH]1. The molecule has 2 N–H and O–H groups in total. The van der Waals surface area contributed by atoms with E-state index in [9.17, 15) is 4.79 Å². The van der Waals surface area contributed by atoms with Gasteiger partial charge in [0.25, 0.3) is 5.91 Å². The fourth-order valence-corrected chi connectivity index (χ4v) is 1.48. The van der Waals surface area contributed by atoms with Crippen molar-refractivity contribution in [1.29, 1.82) is 0 Å². The second kappa shape index (κ2) is 4.61. The van der Waals surface area contributed by atoms with Gasteiger partial charge in [0.1, 0.15) is 5.69 Å². The summed E-state index contributed by atoms with van der Waals surface area (Å²) in [6.07, 6.45) is 5.95. The summed E-state index contributed by atoms with van der Waals surface area (Å²) in [6, 6.07) is 3.69. The van der Waals surface area contributed by atoms with E-state index in [0.717, 1.165) is 17.3 Å². The van der Waals surface area contributed by atoms with Crippen LogP contribution in [0, 0.1) is 0 Å². The van der Waals surface area contributed by atoms with Gasteiger partial charge in [0.2, 0.25) is 0 Å². The van der Waals surface area contributed by atoms with Crippen molar-refractivity contribution in [2.75, 3.05) is 6.54 Å².